The van der Waals surface area contributed by atoms with Crippen molar-refractivity contribution in [2.75, 3.05) is 13.1 Å². The van der Waals surface area contributed by atoms with Crippen molar-refractivity contribution in [1.29, 1.82) is 0 Å². The van der Waals surface area contributed by atoms with E-state index in [1.807, 2.05) is 23.3 Å². The summed E-state index contributed by atoms with van der Waals surface area (Å²) in [6.45, 7) is 3.18. The van der Waals surface area contributed by atoms with E-state index in [-0.39, 0.29) is 11.5 Å². The Bertz CT molecular complexity index is 512. The van der Waals surface area contributed by atoms with Gasteiger partial charge in [-0.15, -0.1) is 0 Å². The summed E-state index contributed by atoms with van der Waals surface area (Å²) < 4.78 is 5.95. The van der Waals surface area contributed by atoms with E-state index in [0.717, 1.165) is 31.4 Å². The zero-order valence-electron chi connectivity index (χ0n) is 11.1. The standard InChI is InChI=1S/C15H18N2O2/c1-12(18)17-8-2-5-15(11-17)9-14(10-19-15)13-3-6-16-7-4-13/h3-4,6-7,10H,2,5,8-9,11H2,1H3. The molecule has 3 heterocycles. The van der Waals surface area contributed by atoms with Crippen LogP contribution in [0.1, 0.15) is 31.7 Å². The molecule has 0 bridgehead atoms. The van der Waals surface area contributed by atoms with Crippen LogP contribution in [0.25, 0.3) is 5.57 Å². The third-order valence-electron chi connectivity index (χ3n) is 4.00. The molecule has 2 aliphatic rings. The van der Waals surface area contributed by atoms with E-state index < -0.39 is 0 Å². The maximum atomic E-state index is 11.5. The molecule has 1 spiro atoms. The van der Waals surface area contributed by atoms with E-state index in [1.54, 1.807) is 19.3 Å². The van der Waals surface area contributed by atoms with E-state index in [4.69, 9.17) is 4.74 Å². The lowest BCUT2D eigenvalue weighted by Crippen LogP contribution is -2.49. The van der Waals surface area contributed by atoms with Crippen molar-refractivity contribution < 1.29 is 9.53 Å². The fourth-order valence-electron chi connectivity index (χ4n) is 2.97. The molecule has 0 radical (unpaired) electrons. The van der Waals surface area contributed by atoms with Gasteiger partial charge in [0.25, 0.3) is 0 Å². The monoisotopic (exact) mass is 258 g/mol. The van der Waals surface area contributed by atoms with Gasteiger partial charge in [-0.2, -0.15) is 0 Å². The lowest BCUT2D eigenvalue weighted by molar-refractivity contribution is -0.135. The predicted molar refractivity (Wildman–Crippen MR) is 72.1 cm³/mol. The Labute approximate surface area is 113 Å². The zero-order valence-corrected chi connectivity index (χ0v) is 11.1. The van der Waals surface area contributed by atoms with Crippen LogP contribution in [-0.4, -0.2) is 34.5 Å². The van der Waals surface area contributed by atoms with Crippen LogP contribution in [0, 0.1) is 0 Å². The zero-order chi connectivity index (χ0) is 13.3. The highest BCUT2D eigenvalue weighted by Crippen LogP contribution is 2.40. The van der Waals surface area contributed by atoms with E-state index >= 15 is 0 Å². The van der Waals surface area contributed by atoms with E-state index in [1.165, 1.54) is 5.57 Å². The molecule has 0 aromatic carbocycles. The third kappa shape index (κ3) is 2.35. The molecule has 1 aromatic rings. The van der Waals surface area contributed by atoms with Crippen molar-refractivity contribution in [3.8, 4) is 0 Å². The summed E-state index contributed by atoms with van der Waals surface area (Å²) in [5, 5.41) is 0. The van der Waals surface area contributed by atoms with Crippen LogP contribution in [0.15, 0.2) is 30.8 Å². The van der Waals surface area contributed by atoms with E-state index in [9.17, 15) is 4.79 Å². The molecule has 1 aromatic heterocycles. The largest absolute Gasteiger partial charge is 0.492 e. The van der Waals surface area contributed by atoms with Gasteiger partial charge < -0.3 is 9.64 Å². The maximum absolute atomic E-state index is 11.5. The Kier molecular flexibility index (Phi) is 3.01. The van der Waals surface area contributed by atoms with Gasteiger partial charge in [0.1, 0.15) is 5.60 Å². The van der Waals surface area contributed by atoms with Crippen molar-refractivity contribution in [3.05, 3.63) is 36.4 Å². The molecule has 100 valence electrons. The predicted octanol–water partition coefficient (Wildman–Crippen LogP) is 2.22. The van der Waals surface area contributed by atoms with Crippen molar-refractivity contribution >= 4 is 11.5 Å². The third-order valence-corrected chi connectivity index (χ3v) is 4.00. The summed E-state index contributed by atoms with van der Waals surface area (Å²) in [6.07, 6.45) is 8.35. The number of likely N-dealkylation sites (tertiary alicyclic amines) is 1. The quantitative estimate of drug-likeness (QED) is 0.775. The van der Waals surface area contributed by atoms with Crippen LogP contribution in [0.2, 0.25) is 0 Å². The molecule has 0 N–H and O–H groups in total. The highest BCUT2D eigenvalue weighted by Gasteiger charge is 2.41. The minimum absolute atomic E-state index is 0.139. The maximum Gasteiger partial charge on any atom is 0.219 e. The molecule has 1 atom stereocenters. The average Bonchev–Trinajstić information content (AvgIpc) is 2.83. The van der Waals surface area contributed by atoms with Crippen molar-refractivity contribution in [2.24, 2.45) is 0 Å². The van der Waals surface area contributed by atoms with Crippen LogP contribution >= 0.6 is 0 Å². The second kappa shape index (κ2) is 4.68. The molecule has 0 aliphatic carbocycles. The molecule has 2 aliphatic heterocycles. The second-order valence-electron chi connectivity index (χ2n) is 5.40. The molecular formula is C15H18N2O2. The first-order chi connectivity index (χ1) is 9.19. The summed E-state index contributed by atoms with van der Waals surface area (Å²) in [5.74, 6) is 0.139. The highest BCUT2D eigenvalue weighted by atomic mass is 16.5. The minimum atomic E-state index is -0.206. The van der Waals surface area contributed by atoms with Gasteiger partial charge in [0.15, 0.2) is 0 Å². The first-order valence-corrected chi connectivity index (χ1v) is 6.71. The van der Waals surface area contributed by atoms with Crippen molar-refractivity contribution in [2.45, 2.75) is 31.8 Å². The normalized spacial score (nSPS) is 26.2. The Balaban J connectivity index is 1.74. The number of amides is 1. The summed E-state index contributed by atoms with van der Waals surface area (Å²) in [4.78, 5) is 17.5. The molecular weight excluding hydrogens is 240 g/mol. The van der Waals surface area contributed by atoms with Crippen LogP contribution in [0.5, 0.6) is 0 Å². The van der Waals surface area contributed by atoms with Crippen molar-refractivity contribution in [3.63, 3.8) is 0 Å². The minimum Gasteiger partial charge on any atom is -0.492 e. The molecule has 4 nitrogen and oxygen atoms in total. The number of rotatable bonds is 1. The Hall–Kier alpha value is -1.84. The summed E-state index contributed by atoms with van der Waals surface area (Å²) in [7, 11) is 0. The molecule has 1 saturated heterocycles. The number of hydrogen-bond acceptors (Lipinski definition) is 3. The fraction of sp³-hybridized carbons (Fsp3) is 0.467. The number of aromatic nitrogens is 1. The van der Waals surface area contributed by atoms with Gasteiger partial charge in [-0.3, -0.25) is 9.78 Å². The van der Waals surface area contributed by atoms with Crippen LogP contribution in [0.4, 0.5) is 0 Å². The molecule has 1 unspecified atom stereocenters. The first kappa shape index (κ1) is 12.2. The molecule has 4 heteroatoms. The Morgan fingerprint density at radius 1 is 1.42 bits per heavy atom. The number of carbonyl (C=O) groups is 1. The summed E-state index contributed by atoms with van der Waals surface area (Å²) in [6, 6.07) is 4.00. The first-order valence-electron chi connectivity index (χ1n) is 6.71. The highest BCUT2D eigenvalue weighted by molar-refractivity contribution is 5.74. The lowest BCUT2D eigenvalue weighted by atomic mass is 9.86. The topological polar surface area (TPSA) is 42.4 Å². The van der Waals surface area contributed by atoms with Gasteiger partial charge in [0.2, 0.25) is 5.91 Å². The SMILES string of the molecule is CC(=O)N1CCCC2(CC(c3ccncc3)=CO2)C1. The molecule has 0 saturated carbocycles. The van der Waals surface area contributed by atoms with Gasteiger partial charge in [0, 0.05) is 32.3 Å². The van der Waals surface area contributed by atoms with Gasteiger partial charge >= 0.3 is 0 Å². The van der Waals surface area contributed by atoms with Gasteiger partial charge in [-0.25, -0.2) is 0 Å². The van der Waals surface area contributed by atoms with Gasteiger partial charge in [0.05, 0.1) is 12.8 Å². The summed E-state index contributed by atoms with van der Waals surface area (Å²) in [5.41, 5.74) is 2.15. The number of nitrogens with zero attached hydrogens (tertiary/aromatic N) is 2. The van der Waals surface area contributed by atoms with Crippen LogP contribution in [-0.2, 0) is 9.53 Å². The van der Waals surface area contributed by atoms with E-state index in [0.29, 0.717) is 6.54 Å². The van der Waals surface area contributed by atoms with Crippen molar-refractivity contribution in [1.82, 2.24) is 9.88 Å². The lowest BCUT2D eigenvalue weighted by Gasteiger charge is -2.39. The van der Waals surface area contributed by atoms with Gasteiger partial charge in [-0.05, 0) is 36.1 Å². The number of pyridine rings is 1. The Morgan fingerprint density at radius 3 is 2.95 bits per heavy atom. The van der Waals surface area contributed by atoms with Gasteiger partial charge in [-0.1, -0.05) is 0 Å². The number of piperidine rings is 1. The average molecular weight is 258 g/mol. The van der Waals surface area contributed by atoms with Crippen LogP contribution < -0.4 is 0 Å². The smallest absolute Gasteiger partial charge is 0.219 e. The molecule has 1 amide bonds. The molecule has 1 fully saturated rings. The Morgan fingerprint density at radius 2 is 2.21 bits per heavy atom. The number of hydrogen-bond donors (Lipinski definition) is 0. The van der Waals surface area contributed by atoms with Crippen LogP contribution in [0.3, 0.4) is 0 Å². The fourth-order valence-corrected chi connectivity index (χ4v) is 2.97. The summed E-state index contributed by atoms with van der Waals surface area (Å²) >= 11 is 0. The molecule has 19 heavy (non-hydrogen) atoms. The number of ether oxygens (including phenoxy) is 1. The number of carbonyl (C=O) groups excluding carboxylic acids is 1. The van der Waals surface area contributed by atoms with E-state index in [2.05, 4.69) is 4.98 Å². The second-order valence-corrected chi connectivity index (χ2v) is 5.40. The molecule has 3 rings (SSSR count).